The van der Waals surface area contributed by atoms with Crippen LogP contribution in [0, 0.1) is 0 Å². The molecule has 174 valence electrons. The van der Waals surface area contributed by atoms with E-state index >= 15 is 0 Å². The highest BCUT2D eigenvalue weighted by molar-refractivity contribution is 9.10. The molecule has 2 aromatic carbocycles. The number of amides is 1. The maximum absolute atomic E-state index is 13.6. The van der Waals surface area contributed by atoms with Gasteiger partial charge < -0.3 is 19.0 Å². The number of carbonyl (C=O) groups excluding carboxylic acids is 1. The standard InChI is InChI=1S/C26H29BrN2O4/c1-4-28(5-2)14-7-15-29-23(17-8-11-19(12-9-17)32-6-3)22-24(30)20-16-18(27)10-13-21(20)33-25(22)26(29)31/h8-13,16,23H,4-7,14-15H2,1-3H3. The predicted octanol–water partition coefficient (Wildman–Crippen LogP) is 5.23. The minimum Gasteiger partial charge on any atom is -0.494 e. The normalized spacial score (nSPS) is 15.5. The van der Waals surface area contributed by atoms with Crippen LogP contribution in [0.5, 0.6) is 5.75 Å². The van der Waals surface area contributed by atoms with Gasteiger partial charge in [0.05, 0.1) is 23.6 Å². The second-order valence-electron chi connectivity index (χ2n) is 8.10. The fraction of sp³-hybridized carbons (Fsp3) is 0.385. The van der Waals surface area contributed by atoms with Crippen molar-refractivity contribution in [1.82, 2.24) is 9.80 Å². The van der Waals surface area contributed by atoms with E-state index in [0.717, 1.165) is 41.8 Å². The van der Waals surface area contributed by atoms with Gasteiger partial charge in [0, 0.05) is 11.0 Å². The van der Waals surface area contributed by atoms with Gasteiger partial charge in [-0.1, -0.05) is 41.9 Å². The van der Waals surface area contributed by atoms with Crippen LogP contribution in [-0.4, -0.2) is 48.5 Å². The minimum atomic E-state index is -0.487. The lowest BCUT2D eigenvalue weighted by atomic mass is 9.98. The van der Waals surface area contributed by atoms with Crippen molar-refractivity contribution >= 4 is 32.8 Å². The topological polar surface area (TPSA) is 63.0 Å². The summed E-state index contributed by atoms with van der Waals surface area (Å²) in [5, 5.41) is 0.469. The lowest BCUT2D eigenvalue weighted by Crippen LogP contribution is -2.33. The molecule has 6 nitrogen and oxygen atoms in total. The summed E-state index contributed by atoms with van der Waals surface area (Å²) in [5.74, 6) is 0.676. The van der Waals surface area contributed by atoms with Crippen LogP contribution in [0.4, 0.5) is 0 Å². The Balaban J connectivity index is 1.78. The van der Waals surface area contributed by atoms with Crippen LogP contribution in [0.15, 0.2) is 56.1 Å². The predicted molar refractivity (Wildman–Crippen MR) is 133 cm³/mol. The highest BCUT2D eigenvalue weighted by Crippen LogP contribution is 2.39. The summed E-state index contributed by atoms with van der Waals surface area (Å²) in [4.78, 5) is 31.2. The highest BCUT2D eigenvalue weighted by atomic mass is 79.9. The molecule has 1 atom stereocenters. The molecule has 7 heteroatoms. The first kappa shape index (κ1) is 23.5. The van der Waals surface area contributed by atoms with Gasteiger partial charge in [-0.3, -0.25) is 9.59 Å². The monoisotopic (exact) mass is 512 g/mol. The van der Waals surface area contributed by atoms with Gasteiger partial charge >= 0.3 is 0 Å². The van der Waals surface area contributed by atoms with E-state index in [2.05, 4.69) is 34.7 Å². The second-order valence-corrected chi connectivity index (χ2v) is 9.01. The lowest BCUT2D eigenvalue weighted by Gasteiger charge is -2.26. The second kappa shape index (κ2) is 10.1. The summed E-state index contributed by atoms with van der Waals surface area (Å²) in [7, 11) is 0. The van der Waals surface area contributed by atoms with Crippen molar-refractivity contribution in [3.8, 4) is 5.75 Å². The molecule has 1 aromatic heterocycles. The molecule has 33 heavy (non-hydrogen) atoms. The highest BCUT2D eigenvalue weighted by Gasteiger charge is 2.42. The number of halogens is 1. The molecule has 0 spiro atoms. The molecule has 1 amide bonds. The number of nitrogens with zero attached hydrogens (tertiary/aromatic N) is 2. The number of hydrogen-bond acceptors (Lipinski definition) is 5. The van der Waals surface area contributed by atoms with Crippen molar-refractivity contribution in [3.05, 3.63) is 74.0 Å². The molecule has 1 aliphatic heterocycles. The van der Waals surface area contributed by atoms with Crippen molar-refractivity contribution in [2.45, 2.75) is 33.2 Å². The van der Waals surface area contributed by atoms with Gasteiger partial charge in [-0.05, 0) is 68.9 Å². The van der Waals surface area contributed by atoms with Crippen molar-refractivity contribution in [2.75, 3.05) is 32.8 Å². The van der Waals surface area contributed by atoms with Gasteiger partial charge in [-0.2, -0.15) is 0 Å². The summed E-state index contributed by atoms with van der Waals surface area (Å²) in [6.07, 6.45) is 0.814. The van der Waals surface area contributed by atoms with Gasteiger partial charge in [-0.25, -0.2) is 0 Å². The van der Waals surface area contributed by atoms with Crippen LogP contribution in [0.1, 0.15) is 54.9 Å². The average molecular weight is 513 g/mol. The summed E-state index contributed by atoms with van der Waals surface area (Å²) in [6, 6.07) is 12.4. The molecule has 1 aliphatic rings. The van der Waals surface area contributed by atoms with E-state index in [4.69, 9.17) is 9.15 Å². The first-order chi connectivity index (χ1) is 16.0. The zero-order chi connectivity index (χ0) is 23.5. The summed E-state index contributed by atoms with van der Waals surface area (Å²) < 4.78 is 12.4. The maximum Gasteiger partial charge on any atom is 0.290 e. The van der Waals surface area contributed by atoms with Crippen molar-refractivity contribution in [2.24, 2.45) is 0 Å². The van der Waals surface area contributed by atoms with Gasteiger partial charge in [0.25, 0.3) is 5.91 Å². The molecular formula is C26H29BrN2O4. The molecule has 0 fully saturated rings. The van der Waals surface area contributed by atoms with E-state index in [0.29, 0.717) is 29.7 Å². The van der Waals surface area contributed by atoms with Crippen LogP contribution >= 0.6 is 15.9 Å². The Morgan fingerprint density at radius 1 is 1.06 bits per heavy atom. The molecule has 0 saturated carbocycles. The molecular weight excluding hydrogens is 484 g/mol. The Bertz CT molecular complexity index is 1200. The number of fused-ring (bicyclic) bond motifs is 2. The molecule has 0 radical (unpaired) electrons. The van der Waals surface area contributed by atoms with E-state index in [1.165, 1.54) is 0 Å². The summed E-state index contributed by atoms with van der Waals surface area (Å²) in [5.41, 5.74) is 1.55. The Morgan fingerprint density at radius 3 is 2.45 bits per heavy atom. The van der Waals surface area contributed by atoms with Crippen LogP contribution in [-0.2, 0) is 0 Å². The lowest BCUT2D eigenvalue weighted by molar-refractivity contribution is 0.0720. The van der Waals surface area contributed by atoms with Crippen molar-refractivity contribution in [3.63, 3.8) is 0 Å². The zero-order valence-corrected chi connectivity index (χ0v) is 20.9. The molecule has 0 bridgehead atoms. The minimum absolute atomic E-state index is 0.150. The van der Waals surface area contributed by atoms with Crippen LogP contribution in [0.25, 0.3) is 11.0 Å². The van der Waals surface area contributed by atoms with Gasteiger partial charge in [0.2, 0.25) is 5.76 Å². The van der Waals surface area contributed by atoms with E-state index in [-0.39, 0.29) is 17.1 Å². The van der Waals surface area contributed by atoms with E-state index in [1.54, 1.807) is 17.0 Å². The fourth-order valence-corrected chi connectivity index (χ4v) is 4.85. The number of hydrogen-bond donors (Lipinski definition) is 0. The van der Waals surface area contributed by atoms with Crippen molar-refractivity contribution < 1.29 is 13.9 Å². The average Bonchev–Trinajstić information content (AvgIpc) is 3.10. The third kappa shape index (κ3) is 4.57. The summed E-state index contributed by atoms with van der Waals surface area (Å²) in [6.45, 7) is 10.1. The fourth-order valence-electron chi connectivity index (χ4n) is 4.49. The Kier molecular flexibility index (Phi) is 7.20. The molecule has 0 saturated heterocycles. The van der Waals surface area contributed by atoms with Gasteiger partial charge in [0.15, 0.2) is 5.43 Å². The first-order valence-corrected chi connectivity index (χ1v) is 12.3. The Hall–Kier alpha value is -2.64. The maximum atomic E-state index is 13.6. The van der Waals surface area contributed by atoms with Gasteiger partial charge in [0.1, 0.15) is 11.3 Å². The number of rotatable bonds is 9. The Morgan fingerprint density at radius 2 is 1.79 bits per heavy atom. The summed E-state index contributed by atoms with van der Waals surface area (Å²) >= 11 is 3.44. The zero-order valence-electron chi connectivity index (χ0n) is 19.3. The van der Waals surface area contributed by atoms with Gasteiger partial charge in [-0.15, -0.1) is 0 Å². The van der Waals surface area contributed by atoms with E-state index in [1.807, 2.05) is 37.3 Å². The van der Waals surface area contributed by atoms with Crippen LogP contribution in [0.3, 0.4) is 0 Å². The molecule has 0 N–H and O–H groups in total. The SMILES string of the molecule is CCOc1ccc(C2c3c(oc4ccc(Br)cc4c3=O)C(=O)N2CCCN(CC)CC)cc1. The van der Waals surface area contributed by atoms with Crippen LogP contribution < -0.4 is 10.2 Å². The van der Waals surface area contributed by atoms with E-state index in [9.17, 15) is 9.59 Å². The molecule has 3 aromatic rings. The van der Waals surface area contributed by atoms with Crippen molar-refractivity contribution in [1.29, 1.82) is 0 Å². The smallest absolute Gasteiger partial charge is 0.290 e. The number of carbonyl (C=O) groups is 1. The molecule has 1 unspecified atom stereocenters. The molecule has 0 aliphatic carbocycles. The number of benzene rings is 2. The molecule has 4 rings (SSSR count). The largest absolute Gasteiger partial charge is 0.494 e. The molecule has 2 heterocycles. The third-order valence-electron chi connectivity index (χ3n) is 6.20. The third-order valence-corrected chi connectivity index (χ3v) is 6.70. The Labute approximate surface area is 202 Å². The quantitative estimate of drug-likeness (QED) is 0.392. The number of ether oxygens (including phenoxy) is 1. The van der Waals surface area contributed by atoms with Crippen LogP contribution in [0.2, 0.25) is 0 Å². The first-order valence-electron chi connectivity index (χ1n) is 11.5. The van der Waals surface area contributed by atoms with E-state index < -0.39 is 6.04 Å².